The predicted molar refractivity (Wildman–Crippen MR) is 102 cm³/mol. The number of aromatic nitrogens is 2. The fraction of sp³-hybridized carbons (Fsp3) is 0.412. The van der Waals surface area contributed by atoms with Crippen LogP contribution in [-0.4, -0.2) is 21.4 Å². The van der Waals surface area contributed by atoms with E-state index in [1.165, 1.54) is 11.8 Å². The van der Waals surface area contributed by atoms with E-state index in [4.69, 9.17) is 23.2 Å². The maximum Gasteiger partial charge on any atom is 0.270 e. The van der Waals surface area contributed by atoms with Crippen LogP contribution >= 0.6 is 35.0 Å². The molecule has 1 amide bonds. The molecule has 1 saturated carbocycles. The van der Waals surface area contributed by atoms with Crippen LogP contribution in [0.4, 0.5) is 5.82 Å². The first-order valence-corrected chi connectivity index (χ1v) is 10.1. The number of hydrogen-bond donors (Lipinski definition) is 2. The minimum absolute atomic E-state index is 0.107. The van der Waals surface area contributed by atoms with Crippen molar-refractivity contribution in [1.29, 1.82) is 0 Å². The second kappa shape index (κ2) is 6.74. The highest BCUT2D eigenvalue weighted by Crippen LogP contribution is 2.44. The number of anilines is 1. The lowest BCUT2D eigenvalue weighted by molar-refractivity contribution is -0.113. The van der Waals surface area contributed by atoms with E-state index < -0.39 is 0 Å². The molecule has 0 spiro atoms. The van der Waals surface area contributed by atoms with Crippen LogP contribution in [0.5, 0.6) is 0 Å². The van der Waals surface area contributed by atoms with Gasteiger partial charge in [-0.25, -0.2) is 0 Å². The molecule has 25 heavy (non-hydrogen) atoms. The number of hydrogen-bond acceptors (Lipinski definition) is 3. The third-order valence-corrected chi connectivity index (χ3v) is 6.61. The third kappa shape index (κ3) is 3.11. The van der Waals surface area contributed by atoms with Crippen molar-refractivity contribution < 1.29 is 4.79 Å². The molecule has 0 radical (unpaired) electrons. The summed E-state index contributed by atoms with van der Waals surface area (Å²) in [6.45, 7) is 0. The van der Waals surface area contributed by atoms with Gasteiger partial charge in [-0.3, -0.25) is 19.4 Å². The lowest BCUT2D eigenvalue weighted by Crippen LogP contribution is -2.18. The third-order valence-electron chi connectivity index (χ3n) is 4.80. The molecule has 5 nitrogen and oxygen atoms in total. The van der Waals surface area contributed by atoms with Gasteiger partial charge in [0.05, 0.1) is 22.6 Å². The van der Waals surface area contributed by atoms with Crippen molar-refractivity contribution in [3.8, 4) is 0 Å². The van der Waals surface area contributed by atoms with Gasteiger partial charge in [-0.2, -0.15) is 0 Å². The first-order chi connectivity index (χ1) is 12.0. The molecule has 1 aromatic carbocycles. The van der Waals surface area contributed by atoms with Crippen molar-refractivity contribution in [1.82, 2.24) is 9.78 Å². The summed E-state index contributed by atoms with van der Waals surface area (Å²) in [4.78, 5) is 25.0. The molecule has 2 aliphatic rings. The monoisotopic (exact) mass is 397 g/mol. The number of aromatic amines is 1. The van der Waals surface area contributed by atoms with Gasteiger partial charge in [0, 0.05) is 10.0 Å². The van der Waals surface area contributed by atoms with Gasteiger partial charge < -0.3 is 5.32 Å². The minimum Gasteiger partial charge on any atom is -0.310 e. The fourth-order valence-corrected chi connectivity index (χ4v) is 5.38. The lowest BCUT2D eigenvalue weighted by Gasteiger charge is -2.17. The van der Waals surface area contributed by atoms with Crippen molar-refractivity contribution in [2.24, 2.45) is 0 Å². The highest BCUT2D eigenvalue weighted by molar-refractivity contribution is 8.00. The second-order valence-electron chi connectivity index (χ2n) is 6.42. The number of carbonyl (C=O) groups is 1. The van der Waals surface area contributed by atoms with Crippen LogP contribution in [-0.2, 0) is 4.79 Å². The summed E-state index contributed by atoms with van der Waals surface area (Å²) in [5.74, 6) is 0.745. The Balaban J connectivity index is 1.86. The van der Waals surface area contributed by atoms with Crippen LogP contribution < -0.4 is 10.9 Å². The van der Waals surface area contributed by atoms with Crippen molar-refractivity contribution >= 4 is 46.7 Å². The number of benzene rings is 1. The fourth-order valence-electron chi connectivity index (χ4n) is 3.64. The molecule has 1 aliphatic heterocycles. The van der Waals surface area contributed by atoms with Crippen molar-refractivity contribution in [2.75, 3.05) is 11.1 Å². The Morgan fingerprint density at radius 1 is 1.16 bits per heavy atom. The van der Waals surface area contributed by atoms with E-state index >= 15 is 0 Å². The van der Waals surface area contributed by atoms with Gasteiger partial charge in [0.25, 0.3) is 5.56 Å². The van der Waals surface area contributed by atoms with Crippen LogP contribution in [0, 0.1) is 0 Å². The molecule has 1 fully saturated rings. The highest BCUT2D eigenvalue weighted by atomic mass is 35.5. The number of amides is 1. The molecule has 4 rings (SSSR count). The largest absolute Gasteiger partial charge is 0.310 e. The molecule has 132 valence electrons. The minimum atomic E-state index is -0.315. The van der Waals surface area contributed by atoms with Gasteiger partial charge >= 0.3 is 0 Å². The number of halogens is 2. The second-order valence-corrected chi connectivity index (χ2v) is 8.35. The van der Waals surface area contributed by atoms with Gasteiger partial charge in [0.1, 0.15) is 5.82 Å². The number of H-pyrrole nitrogens is 1. The van der Waals surface area contributed by atoms with Crippen LogP contribution in [0.2, 0.25) is 10.0 Å². The summed E-state index contributed by atoms with van der Waals surface area (Å²) in [6, 6.07) is 5.47. The summed E-state index contributed by atoms with van der Waals surface area (Å²) in [5.41, 5.74) is 1.18. The van der Waals surface area contributed by atoms with Crippen LogP contribution in [0.1, 0.15) is 48.1 Å². The van der Waals surface area contributed by atoms with E-state index in [1.807, 2.05) is 10.7 Å². The molecule has 2 heterocycles. The van der Waals surface area contributed by atoms with Crippen molar-refractivity contribution in [3.05, 3.63) is 49.7 Å². The maximum atomic E-state index is 12.8. The number of nitrogens with zero attached hydrogens (tertiary/aromatic N) is 1. The maximum absolute atomic E-state index is 12.8. The molecule has 1 atom stereocenters. The van der Waals surface area contributed by atoms with Gasteiger partial charge in [0.15, 0.2) is 0 Å². The van der Waals surface area contributed by atoms with Crippen LogP contribution in [0.15, 0.2) is 23.0 Å². The number of thioether (sulfide) groups is 1. The Kier molecular flexibility index (Phi) is 4.60. The van der Waals surface area contributed by atoms with Crippen LogP contribution in [0.3, 0.4) is 0 Å². The Labute approximate surface area is 159 Å². The molecule has 2 N–H and O–H groups in total. The van der Waals surface area contributed by atoms with E-state index in [1.54, 1.807) is 12.1 Å². The summed E-state index contributed by atoms with van der Waals surface area (Å²) in [5, 5.41) is 6.59. The number of nitrogens with one attached hydrogen (secondary N) is 2. The summed E-state index contributed by atoms with van der Waals surface area (Å²) < 4.78 is 1.85. The molecule has 1 unspecified atom stereocenters. The Morgan fingerprint density at radius 2 is 1.92 bits per heavy atom. The standard InChI is InChI=1S/C17H17Cl2N3O2S/c18-9-5-6-11(12(19)7-9)15-14-16(20-13(23)8-25-15)22(21-17(14)24)10-3-1-2-4-10/h5-7,10,15H,1-4,8H2,(H,20,23)(H,21,24). The average Bonchev–Trinajstić information content (AvgIpc) is 3.15. The Bertz CT molecular complexity index is 887. The summed E-state index contributed by atoms with van der Waals surface area (Å²) in [7, 11) is 0. The van der Waals surface area contributed by atoms with Crippen LogP contribution in [0.25, 0.3) is 0 Å². The normalized spacial score (nSPS) is 21.0. The zero-order valence-electron chi connectivity index (χ0n) is 13.4. The molecule has 0 saturated heterocycles. The zero-order chi connectivity index (χ0) is 17.6. The SMILES string of the molecule is O=C1CSC(c2ccc(Cl)cc2Cl)c2c(n(C3CCCC3)[nH]c2=O)N1. The number of fused-ring (bicyclic) bond motifs is 1. The first kappa shape index (κ1) is 17.1. The van der Waals surface area contributed by atoms with E-state index in [0.717, 1.165) is 31.2 Å². The predicted octanol–water partition coefficient (Wildman–Crippen LogP) is 4.37. The van der Waals surface area contributed by atoms with Crippen molar-refractivity contribution in [2.45, 2.75) is 37.0 Å². The number of carbonyl (C=O) groups excluding carboxylic acids is 1. The van der Waals surface area contributed by atoms with E-state index in [2.05, 4.69) is 10.4 Å². The molecule has 1 aromatic heterocycles. The highest BCUT2D eigenvalue weighted by Gasteiger charge is 2.33. The van der Waals surface area contributed by atoms with Gasteiger partial charge in [-0.05, 0) is 30.5 Å². The topological polar surface area (TPSA) is 66.9 Å². The van der Waals surface area contributed by atoms with Gasteiger partial charge in [0.2, 0.25) is 5.91 Å². The van der Waals surface area contributed by atoms with Gasteiger partial charge in [-0.15, -0.1) is 11.8 Å². The molecular formula is C17H17Cl2N3O2S. The Hall–Kier alpha value is -1.37. The zero-order valence-corrected chi connectivity index (χ0v) is 15.7. The van der Waals surface area contributed by atoms with E-state index in [0.29, 0.717) is 21.4 Å². The average molecular weight is 398 g/mol. The Morgan fingerprint density at radius 3 is 2.64 bits per heavy atom. The molecular weight excluding hydrogens is 381 g/mol. The van der Waals surface area contributed by atoms with E-state index in [9.17, 15) is 9.59 Å². The summed E-state index contributed by atoms with van der Waals surface area (Å²) >= 11 is 13.8. The lowest BCUT2D eigenvalue weighted by atomic mass is 10.1. The van der Waals surface area contributed by atoms with Gasteiger partial charge in [-0.1, -0.05) is 42.1 Å². The smallest absolute Gasteiger partial charge is 0.270 e. The van der Waals surface area contributed by atoms with E-state index in [-0.39, 0.29) is 28.5 Å². The first-order valence-electron chi connectivity index (χ1n) is 8.25. The molecule has 2 aromatic rings. The number of rotatable bonds is 2. The quantitative estimate of drug-likeness (QED) is 0.789. The molecule has 1 aliphatic carbocycles. The van der Waals surface area contributed by atoms with Crippen molar-refractivity contribution in [3.63, 3.8) is 0 Å². The molecule has 8 heteroatoms. The summed E-state index contributed by atoms with van der Waals surface area (Å²) in [6.07, 6.45) is 4.28. The molecule has 0 bridgehead atoms.